The molecule has 1 unspecified atom stereocenters. The molecule has 0 aliphatic carbocycles. The fourth-order valence-corrected chi connectivity index (χ4v) is 4.53. The maximum Gasteiger partial charge on any atom is 0.303 e. The summed E-state index contributed by atoms with van der Waals surface area (Å²) in [5.41, 5.74) is 0. The zero-order chi connectivity index (χ0) is 15.8. The number of carboxylic acid groups (broad SMARTS) is 1. The highest BCUT2D eigenvalue weighted by molar-refractivity contribution is 7.89. The van der Waals surface area contributed by atoms with E-state index >= 15 is 0 Å². The van der Waals surface area contributed by atoms with Crippen LogP contribution in [-0.4, -0.2) is 36.9 Å². The lowest BCUT2D eigenvalue weighted by molar-refractivity contribution is -0.137. The second kappa shape index (κ2) is 6.08. The summed E-state index contributed by atoms with van der Waals surface area (Å²) in [4.78, 5) is 10.3. The lowest BCUT2D eigenvalue weighted by atomic mass is 10.1. The highest BCUT2D eigenvalue weighted by Crippen LogP contribution is 2.33. The Labute approximate surface area is 131 Å². The van der Waals surface area contributed by atoms with E-state index in [2.05, 4.69) is 0 Å². The molecule has 1 aromatic carbocycles. The number of nitrogens with zero attached hydrogens (tertiary/aromatic N) is 1. The predicted octanol–water partition coefficient (Wildman–Crippen LogP) is 2.62. The lowest BCUT2D eigenvalue weighted by Crippen LogP contribution is -2.29. The van der Waals surface area contributed by atoms with Crippen molar-refractivity contribution in [2.24, 2.45) is 5.92 Å². The van der Waals surface area contributed by atoms with Gasteiger partial charge >= 0.3 is 5.97 Å². The molecule has 116 valence electrons. The van der Waals surface area contributed by atoms with Crippen molar-refractivity contribution in [3.05, 3.63) is 28.0 Å². The number of rotatable bonds is 4. The third-order valence-corrected chi connectivity index (χ3v) is 6.01. The van der Waals surface area contributed by atoms with Crippen molar-refractivity contribution in [2.75, 3.05) is 13.1 Å². The van der Waals surface area contributed by atoms with Gasteiger partial charge < -0.3 is 5.11 Å². The highest BCUT2D eigenvalue weighted by atomic mass is 35.5. The number of benzene rings is 1. The van der Waals surface area contributed by atoms with Gasteiger partial charge in [-0.15, -0.1) is 0 Å². The standard InChI is InChI=1S/C12H12Cl2FNO4S/c13-8-1-2-9(11(14)12(8)15)21(19,20)16-4-3-7(6-16)5-10(17)18/h1-2,7H,3-6H2,(H,17,18). The van der Waals surface area contributed by atoms with E-state index in [9.17, 15) is 17.6 Å². The molecule has 0 radical (unpaired) electrons. The fraction of sp³-hybridized carbons (Fsp3) is 0.417. The minimum atomic E-state index is -3.97. The molecule has 2 rings (SSSR count). The van der Waals surface area contributed by atoms with E-state index in [-0.39, 0.29) is 35.3 Å². The van der Waals surface area contributed by atoms with Crippen LogP contribution in [0.3, 0.4) is 0 Å². The average molecular weight is 356 g/mol. The number of aliphatic carboxylic acids is 1. The van der Waals surface area contributed by atoms with Crippen molar-refractivity contribution < 1.29 is 22.7 Å². The molecule has 1 aliphatic rings. The van der Waals surface area contributed by atoms with E-state index in [1.165, 1.54) is 0 Å². The summed E-state index contributed by atoms with van der Waals surface area (Å²) < 4.78 is 39.6. The molecule has 0 saturated carbocycles. The summed E-state index contributed by atoms with van der Waals surface area (Å²) >= 11 is 11.3. The maximum absolute atomic E-state index is 13.6. The van der Waals surface area contributed by atoms with Crippen molar-refractivity contribution in [1.82, 2.24) is 4.31 Å². The number of hydrogen-bond acceptors (Lipinski definition) is 3. The van der Waals surface area contributed by atoms with Crippen molar-refractivity contribution >= 4 is 39.2 Å². The van der Waals surface area contributed by atoms with Crippen LogP contribution in [-0.2, 0) is 14.8 Å². The summed E-state index contributed by atoms with van der Waals surface area (Å²) in [7, 11) is -3.97. The van der Waals surface area contributed by atoms with Crippen LogP contribution >= 0.6 is 23.2 Å². The van der Waals surface area contributed by atoms with Gasteiger partial charge in [0.05, 0.1) is 10.0 Å². The third kappa shape index (κ3) is 3.31. The average Bonchev–Trinajstić information content (AvgIpc) is 2.84. The minimum Gasteiger partial charge on any atom is -0.481 e. The van der Waals surface area contributed by atoms with Gasteiger partial charge in [-0.05, 0) is 24.5 Å². The molecule has 5 nitrogen and oxygen atoms in total. The molecule has 1 aromatic rings. The summed E-state index contributed by atoms with van der Waals surface area (Å²) in [5.74, 6) is -2.22. The molecule has 1 saturated heterocycles. The van der Waals surface area contributed by atoms with Crippen molar-refractivity contribution in [1.29, 1.82) is 0 Å². The Balaban J connectivity index is 2.28. The van der Waals surface area contributed by atoms with Crippen LogP contribution in [0.5, 0.6) is 0 Å². The first kappa shape index (κ1) is 16.5. The van der Waals surface area contributed by atoms with Gasteiger partial charge in [0.25, 0.3) is 0 Å². The molecule has 1 N–H and O–H groups in total. The second-order valence-electron chi connectivity index (χ2n) is 4.79. The molecular formula is C12H12Cl2FNO4S. The van der Waals surface area contributed by atoms with Crippen molar-refractivity contribution in [3.8, 4) is 0 Å². The topological polar surface area (TPSA) is 74.7 Å². The first-order chi connectivity index (χ1) is 9.73. The molecule has 0 spiro atoms. The molecule has 1 heterocycles. The largest absolute Gasteiger partial charge is 0.481 e. The summed E-state index contributed by atoms with van der Waals surface area (Å²) in [6.45, 7) is 0.260. The van der Waals surface area contributed by atoms with E-state index in [0.717, 1.165) is 16.4 Å². The molecule has 1 atom stereocenters. The van der Waals surface area contributed by atoms with Crippen LogP contribution in [0.1, 0.15) is 12.8 Å². The Morgan fingerprint density at radius 2 is 2.10 bits per heavy atom. The number of halogens is 3. The molecule has 0 bridgehead atoms. The van der Waals surface area contributed by atoms with Gasteiger partial charge in [0.1, 0.15) is 4.90 Å². The maximum atomic E-state index is 13.6. The SMILES string of the molecule is O=C(O)CC1CCN(S(=O)(=O)c2ccc(Cl)c(F)c2Cl)C1. The highest BCUT2D eigenvalue weighted by Gasteiger charge is 2.35. The van der Waals surface area contributed by atoms with Crippen LogP contribution in [0.2, 0.25) is 10.0 Å². The minimum absolute atomic E-state index is 0.0786. The Bertz CT molecular complexity index is 680. The van der Waals surface area contributed by atoms with Gasteiger partial charge in [-0.3, -0.25) is 4.79 Å². The zero-order valence-corrected chi connectivity index (χ0v) is 13.1. The molecule has 0 aromatic heterocycles. The smallest absolute Gasteiger partial charge is 0.303 e. The van der Waals surface area contributed by atoms with Crippen molar-refractivity contribution in [3.63, 3.8) is 0 Å². The van der Waals surface area contributed by atoms with E-state index in [0.29, 0.717) is 6.42 Å². The van der Waals surface area contributed by atoms with Gasteiger partial charge in [-0.2, -0.15) is 4.31 Å². The number of carbonyl (C=O) groups is 1. The number of sulfonamides is 1. The van der Waals surface area contributed by atoms with Crippen molar-refractivity contribution in [2.45, 2.75) is 17.7 Å². The van der Waals surface area contributed by atoms with Gasteiger partial charge in [-0.1, -0.05) is 23.2 Å². The monoisotopic (exact) mass is 355 g/mol. The molecular weight excluding hydrogens is 344 g/mol. The van der Waals surface area contributed by atoms with Gasteiger partial charge in [-0.25, -0.2) is 12.8 Å². The Morgan fingerprint density at radius 3 is 2.71 bits per heavy atom. The normalized spacial score (nSPS) is 19.9. The van der Waals surface area contributed by atoms with Gasteiger partial charge in [0, 0.05) is 19.5 Å². The van der Waals surface area contributed by atoms with Crippen LogP contribution < -0.4 is 0 Å². The molecule has 1 fully saturated rings. The molecule has 21 heavy (non-hydrogen) atoms. The van der Waals surface area contributed by atoms with Crippen LogP contribution in [0, 0.1) is 11.7 Å². The second-order valence-corrected chi connectivity index (χ2v) is 7.48. The van der Waals surface area contributed by atoms with E-state index in [4.69, 9.17) is 28.3 Å². The van der Waals surface area contributed by atoms with E-state index in [1.807, 2.05) is 0 Å². The van der Waals surface area contributed by atoms with Crippen LogP contribution in [0.15, 0.2) is 17.0 Å². The van der Waals surface area contributed by atoms with E-state index in [1.54, 1.807) is 0 Å². The Kier molecular flexibility index (Phi) is 4.77. The predicted molar refractivity (Wildman–Crippen MR) is 75.5 cm³/mol. The number of carboxylic acids is 1. The van der Waals surface area contributed by atoms with E-state index < -0.39 is 26.8 Å². The zero-order valence-electron chi connectivity index (χ0n) is 10.7. The molecule has 9 heteroatoms. The third-order valence-electron chi connectivity index (χ3n) is 3.33. The lowest BCUT2D eigenvalue weighted by Gasteiger charge is -2.17. The Hall–Kier alpha value is -0.890. The Morgan fingerprint density at radius 1 is 1.43 bits per heavy atom. The summed E-state index contributed by atoms with van der Waals surface area (Å²) in [6, 6.07) is 2.27. The first-order valence-corrected chi connectivity index (χ1v) is 8.28. The molecule has 1 aliphatic heterocycles. The van der Waals surface area contributed by atoms with Crippen LogP contribution in [0.4, 0.5) is 4.39 Å². The van der Waals surface area contributed by atoms with Gasteiger partial charge in [0.2, 0.25) is 10.0 Å². The summed E-state index contributed by atoms with van der Waals surface area (Å²) in [5, 5.41) is 7.93. The van der Waals surface area contributed by atoms with Gasteiger partial charge in [0.15, 0.2) is 5.82 Å². The fourth-order valence-electron chi connectivity index (χ4n) is 2.28. The quantitative estimate of drug-likeness (QED) is 0.842. The first-order valence-electron chi connectivity index (χ1n) is 6.09. The number of hydrogen-bond donors (Lipinski definition) is 1. The van der Waals surface area contributed by atoms with Crippen LogP contribution in [0.25, 0.3) is 0 Å². The summed E-state index contributed by atoms with van der Waals surface area (Å²) in [6.07, 6.45) is 0.341. The molecule has 0 amide bonds.